The highest BCUT2D eigenvalue weighted by Crippen LogP contribution is 2.23. The first-order valence-electron chi connectivity index (χ1n) is 5.28. The molecule has 3 heteroatoms. The third kappa shape index (κ3) is 1.53. The highest BCUT2D eigenvalue weighted by atomic mass is 35.5. The van der Waals surface area contributed by atoms with Crippen LogP contribution in [0.5, 0.6) is 0 Å². The lowest BCUT2D eigenvalue weighted by Crippen LogP contribution is -2.02. The van der Waals surface area contributed by atoms with Crippen LogP contribution in [0.1, 0.15) is 5.56 Å². The minimum atomic E-state index is -0.0124. The molecule has 0 saturated carbocycles. The molecule has 1 heterocycles. The van der Waals surface area contributed by atoms with Crippen molar-refractivity contribution in [2.24, 2.45) is 0 Å². The van der Waals surface area contributed by atoms with E-state index < -0.39 is 0 Å². The molecule has 1 aromatic heterocycles. The van der Waals surface area contributed by atoms with Crippen LogP contribution >= 0.6 is 11.6 Å². The van der Waals surface area contributed by atoms with Gasteiger partial charge in [-0.15, -0.1) is 0 Å². The second-order valence-electron chi connectivity index (χ2n) is 4.02. The van der Waals surface area contributed by atoms with Crippen LogP contribution in [0.25, 0.3) is 21.9 Å². The van der Waals surface area contributed by atoms with Crippen molar-refractivity contribution in [3.8, 4) is 0 Å². The van der Waals surface area contributed by atoms with Gasteiger partial charge in [-0.1, -0.05) is 23.7 Å². The highest BCUT2D eigenvalue weighted by Gasteiger charge is 2.08. The molecule has 0 spiro atoms. The molecule has 0 amide bonds. The van der Waals surface area contributed by atoms with Crippen LogP contribution in [0, 0.1) is 6.92 Å². The Morgan fingerprint density at radius 1 is 1.12 bits per heavy atom. The largest absolute Gasteiger partial charge is 0.455 e. The Morgan fingerprint density at radius 2 is 1.94 bits per heavy atom. The molecule has 0 aliphatic heterocycles. The first kappa shape index (κ1) is 10.4. The summed E-state index contributed by atoms with van der Waals surface area (Å²) in [6, 6.07) is 10.6. The molecule has 3 rings (SSSR count). The molecule has 84 valence electrons. The second kappa shape index (κ2) is 3.60. The van der Waals surface area contributed by atoms with Crippen LogP contribution in [0.15, 0.2) is 45.6 Å². The molecule has 17 heavy (non-hydrogen) atoms. The van der Waals surface area contributed by atoms with E-state index in [4.69, 9.17) is 16.0 Å². The summed E-state index contributed by atoms with van der Waals surface area (Å²) in [4.78, 5) is 12.2. The van der Waals surface area contributed by atoms with Crippen molar-refractivity contribution in [1.29, 1.82) is 0 Å². The molecule has 2 aromatic carbocycles. The van der Waals surface area contributed by atoms with Gasteiger partial charge in [-0.25, -0.2) is 0 Å². The van der Waals surface area contributed by atoms with Crippen molar-refractivity contribution in [2.45, 2.75) is 6.92 Å². The van der Waals surface area contributed by atoms with Crippen molar-refractivity contribution >= 4 is 33.5 Å². The average Bonchev–Trinajstić information content (AvgIpc) is 2.30. The van der Waals surface area contributed by atoms with Gasteiger partial charge in [0.2, 0.25) is 5.43 Å². The number of rotatable bonds is 0. The Labute approximate surface area is 102 Å². The van der Waals surface area contributed by atoms with Gasteiger partial charge in [0.1, 0.15) is 11.2 Å². The zero-order valence-electron chi connectivity index (χ0n) is 9.16. The van der Waals surface area contributed by atoms with Crippen molar-refractivity contribution < 1.29 is 4.42 Å². The molecule has 2 nitrogen and oxygen atoms in total. The summed E-state index contributed by atoms with van der Waals surface area (Å²) in [6.07, 6.45) is 0. The molecule has 0 fully saturated rings. The van der Waals surface area contributed by atoms with Gasteiger partial charge >= 0.3 is 0 Å². The summed E-state index contributed by atoms with van der Waals surface area (Å²) in [5.41, 5.74) is 2.10. The number of hydrogen-bond donors (Lipinski definition) is 0. The molecule has 0 aliphatic rings. The highest BCUT2D eigenvalue weighted by molar-refractivity contribution is 6.31. The van der Waals surface area contributed by atoms with Gasteiger partial charge in [0.25, 0.3) is 0 Å². The molecule has 0 bridgehead atoms. The number of benzene rings is 2. The zero-order chi connectivity index (χ0) is 12.0. The minimum absolute atomic E-state index is 0.0124. The Bertz CT molecular complexity index is 787. The predicted octanol–water partition coefficient (Wildman–Crippen LogP) is 3.91. The van der Waals surface area contributed by atoms with Crippen molar-refractivity contribution in [2.75, 3.05) is 0 Å². The van der Waals surface area contributed by atoms with E-state index >= 15 is 0 Å². The van der Waals surface area contributed by atoms with Crippen LogP contribution in [0.2, 0.25) is 5.02 Å². The molecule has 3 aromatic rings. The fraction of sp³-hybridized carbons (Fsp3) is 0.0714. The molecule has 0 saturated heterocycles. The van der Waals surface area contributed by atoms with Crippen LogP contribution in [-0.2, 0) is 0 Å². The van der Waals surface area contributed by atoms with E-state index in [2.05, 4.69) is 0 Å². The summed E-state index contributed by atoms with van der Waals surface area (Å²) >= 11 is 5.90. The Balaban J connectivity index is 2.62. The summed E-state index contributed by atoms with van der Waals surface area (Å²) in [5.74, 6) is 0. The van der Waals surface area contributed by atoms with Crippen LogP contribution in [0.3, 0.4) is 0 Å². The maximum atomic E-state index is 12.2. The van der Waals surface area contributed by atoms with Gasteiger partial charge < -0.3 is 4.42 Å². The van der Waals surface area contributed by atoms with Gasteiger partial charge in [-0.05, 0) is 30.7 Å². The van der Waals surface area contributed by atoms with E-state index in [1.54, 1.807) is 24.3 Å². The quantitative estimate of drug-likeness (QED) is 0.561. The summed E-state index contributed by atoms with van der Waals surface area (Å²) in [5, 5.41) is 1.74. The molecular formula is C14H9ClO2. The standard InChI is InChI=1S/C14H9ClO2/c1-8-3-2-4-11-13(16)10-6-5-9(15)7-12(10)17-14(8)11/h2-7H,1H3. The Kier molecular flexibility index (Phi) is 2.20. The molecular weight excluding hydrogens is 236 g/mol. The molecule has 0 unspecified atom stereocenters. The molecule has 0 radical (unpaired) electrons. The maximum Gasteiger partial charge on any atom is 0.200 e. The average molecular weight is 245 g/mol. The number of halogens is 1. The number of para-hydroxylation sites is 1. The first-order chi connectivity index (χ1) is 8.16. The van der Waals surface area contributed by atoms with Crippen LogP contribution in [0.4, 0.5) is 0 Å². The fourth-order valence-electron chi connectivity index (χ4n) is 1.99. The van der Waals surface area contributed by atoms with Crippen LogP contribution in [-0.4, -0.2) is 0 Å². The molecule has 0 aliphatic carbocycles. The van der Waals surface area contributed by atoms with Crippen LogP contribution < -0.4 is 5.43 Å². The Morgan fingerprint density at radius 3 is 2.76 bits per heavy atom. The fourth-order valence-corrected chi connectivity index (χ4v) is 2.15. The lowest BCUT2D eigenvalue weighted by molar-refractivity contribution is 0.657. The topological polar surface area (TPSA) is 30.2 Å². The minimum Gasteiger partial charge on any atom is -0.455 e. The number of hydrogen-bond acceptors (Lipinski definition) is 2. The SMILES string of the molecule is Cc1cccc2c(=O)c3ccc(Cl)cc3oc12. The first-order valence-corrected chi connectivity index (χ1v) is 5.66. The van der Waals surface area contributed by atoms with Crippen molar-refractivity contribution in [3.05, 3.63) is 57.2 Å². The lowest BCUT2D eigenvalue weighted by Gasteiger charge is -2.03. The van der Waals surface area contributed by atoms with Gasteiger partial charge in [0, 0.05) is 11.1 Å². The van der Waals surface area contributed by atoms with Gasteiger partial charge in [-0.2, -0.15) is 0 Å². The summed E-state index contributed by atoms with van der Waals surface area (Å²) in [7, 11) is 0. The molecule has 0 N–H and O–H groups in total. The van der Waals surface area contributed by atoms with E-state index in [0.717, 1.165) is 5.56 Å². The lowest BCUT2D eigenvalue weighted by atomic mass is 10.1. The monoisotopic (exact) mass is 244 g/mol. The summed E-state index contributed by atoms with van der Waals surface area (Å²) < 4.78 is 5.75. The van der Waals surface area contributed by atoms with Crippen molar-refractivity contribution in [1.82, 2.24) is 0 Å². The second-order valence-corrected chi connectivity index (χ2v) is 4.46. The predicted molar refractivity (Wildman–Crippen MR) is 69.7 cm³/mol. The van der Waals surface area contributed by atoms with E-state index in [0.29, 0.717) is 27.0 Å². The smallest absolute Gasteiger partial charge is 0.200 e. The van der Waals surface area contributed by atoms with E-state index in [1.165, 1.54) is 0 Å². The third-order valence-corrected chi connectivity index (χ3v) is 3.09. The summed E-state index contributed by atoms with van der Waals surface area (Å²) in [6.45, 7) is 1.92. The van der Waals surface area contributed by atoms with Crippen molar-refractivity contribution in [3.63, 3.8) is 0 Å². The molecule has 0 atom stereocenters. The van der Waals surface area contributed by atoms with E-state index in [9.17, 15) is 4.79 Å². The third-order valence-electron chi connectivity index (χ3n) is 2.86. The zero-order valence-corrected chi connectivity index (χ0v) is 9.91. The van der Waals surface area contributed by atoms with E-state index in [-0.39, 0.29) is 5.43 Å². The normalized spacial score (nSPS) is 11.2. The van der Waals surface area contributed by atoms with Gasteiger partial charge in [0.05, 0.1) is 10.8 Å². The number of aryl methyl sites for hydroxylation is 1. The number of fused-ring (bicyclic) bond motifs is 2. The van der Waals surface area contributed by atoms with Gasteiger partial charge in [0.15, 0.2) is 0 Å². The van der Waals surface area contributed by atoms with E-state index in [1.807, 2.05) is 19.1 Å². The maximum absolute atomic E-state index is 12.2. The Hall–Kier alpha value is -1.80. The van der Waals surface area contributed by atoms with Gasteiger partial charge in [-0.3, -0.25) is 4.79 Å².